The zero-order valence-electron chi connectivity index (χ0n) is 18.1. The first-order chi connectivity index (χ1) is 13.9. The molecule has 0 aliphatic carbocycles. The summed E-state index contributed by atoms with van der Waals surface area (Å²) in [6.45, 7) is 8.40. The third kappa shape index (κ3) is 5.95. The highest BCUT2D eigenvalue weighted by Crippen LogP contribution is 2.35. The van der Waals surface area contributed by atoms with Crippen molar-refractivity contribution in [2.75, 3.05) is 13.6 Å². The topological polar surface area (TPSA) is 12.5 Å². The molecule has 2 heteroatoms. The van der Waals surface area contributed by atoms with Gasteiger partial charge in [0.1, 0.15) is 12.4 Å². The van der Waals surface area contributed by atoms with Crippen LogP contribution in [-0.4, -0.2) is 24.0 Å². The Morgan fingerprint density at radius 1 is 0.793 bits per heavy atom. The van der Waals surface area contributed by atoms with E-state index in [1.165, 1.54) is 16.7 Å². The molecule has 152 valence electrons. The van der Waals surface area contributed by atoms with E-state index in [-0.39, 0.29) is 5.54 Å². The van der Waals surface area contributed by atoms with Crippen LogP contribution < -0.4 is 4.74 Å². The van der Waals surface area contributed by atoms with Crippen LogP contribution in [0.25, 0.3) is 0 Å². The van der Waals surface area contributed by atoms with Crippen molar-refractivity contribution in [1.29, 1.82) is 0 Å². The van der Waals surface area contributed by atoms with Crippen LogP contribution in [0, 0.1) is 0 Å². The molecular formula is C27H33NO. The lowest BCUT2D eigenvalue weighted by atomic mass is 9.87. The van der Waals surface area contributed by atoms with Crippen molar-refractivity contribution < 1.29 is 4.74 Å². The molecule has 0 spiro atoms. The van der Waals surface area contributed by atoms with Crippen LogP contribution in [0.2, 0.25) is 0 Å². The summed E-state index contributed by atoms with van der Waals surface area (Å²) in [7, 11) is 2.21. The van der Waals surface area contributed by atoms with Crippen LogP contribution in [0.5, 0.6) is 5.75 Å². The standard InChI is InChI=1S/C27H33NO/c1-27(2,3)28(4)20-19-24(23-15-9-6-10-16-23)25-17-11-12-18-26(25)29-21-22-13-7-5-8-14-22/h5-18,24H,19-21H2,1-4H3. The molecule has 0 aliphatic heterocycles. The molecule has 0 saturated carbocycles. The molecule has 2 nitrogen and oxygen atoms in total. The molecule has 0 radical (unpaired) electrons. The first-order valence-electron chi connectivity index (χ1n) is 10.5. The van der Waals surface area contributed by atoms with Gasteiger partial charge in [0, 0.05) is 17.0 Å². The zero-order chi connectivity index (χ0) is 20.7. The Kier molecular flexibility index (Phi) is 7.11. The van der Waals surface area contributed by atoms with E-state index < -0.39 is 0 Å². The van der Waals surface area contributed by atoms with Crippen LogP contribution in [0.15, 0.2) is 84.9 Å². The normalized spacial score (nSPS) is 12.7. The summed E-state index contributed by atoms with van der Waals surface area (Å²) in [5.74, 6) is 1.27. The molecule has 0 saturated heterocycles. The van der Waals surface area contributed by atoms with Gasteiger partial charge in [-0.15, -0.1) is 0 Å². The van der Waals surface area contributed by atoms with E-state index in [0.29, 0.717) is 12.5 Å². The fraction of sp³-hybridized carbons (Fsp3) is 0.333. The molecule has 3 rings (SSSR count). The molecule has 0 fully saturated rings. The van der Waals surface area contributed by atoms with Crippen molar-refractivity contribution in [2.45, 2.75) is 45.3 Å². The summed E-state index contributed by atoms with van der Waals surface area (Å²) in [5, 5.41) is 0. The first kappa shape index (κ1) is 21.1. The van der Waals surface area contributed by atoms with E-state index in [4.69, 9.17) is 4.74 Å². The van der Waals surface area contributed by atoms with Gasteiger partial charge in [0.15, 0.2) is 0 Å². The van der Waals surface area contributed by atoms with E-state index in [2.05, 4.69) is 112 Å². The second-order valence-corrected chi connectivity index (χ2v) is 8.66. The van der Waals surface area contributed by atoms with E-state index in [0.717, 1.165) is 18.7 Å². The predicted octanol–water partition coefficient (Wildman–Crippen LogP) is 6.52. The molecule has 0 bridgehead atoms. The smallest absolute Gasteiger partial charge is 0.123 e. The summed E-state index contributed by atoms with van der Waals surface area (Å²) in [6.07, 6.45) is 1.05. The van der Waals surface area contributed by atoms with Gasteiger partial charge in [-0.2, -0.15) is 0 Å². The van der Waals surface area contributed by atoms with Gasteiger partial charge < -0.3 is 9.64 Å². The lowest BCUT2D eigenvalue weighted by molar-refractivity contribution is 0.171. The highest BCUT2D eigenvalue weighted by atomic mass is 16.5. The number of rotatable bonds is 8. The molecule has 0 amide bonds. The van der Waals surface area contributed by atoms with Crippen molar-refractivity contribution in [2.24, 2.45) is 0 Å². The van der Waals surface area contributed by atoms with Crippen molar-refractivity contribution >= 4 is 0 Å². The van der Waals surface area contributed by atoms with Crippen LogP contribution in [0.1, 0.15) is 49.8 Å². The summed E-state index contributed by atoms with van der Waals surface area (Å²) in [4.78, 5) is 2.43. The van der Waals surface area contributed by atoms with Crippen molar-refractivity contribution in [3.05, 3.63) is 102 Å². The molecule has 3 aromatic carbocycles. The van der Waals surface area contributed by atoms with Crippen molar-refractivity contribution in [1.82, 2.24) is 4.90 Å². The quantitative estimate of drug-likeness (QED) is 0.436. The van der Waals surface area contributed by atoms with E-state index >= 15 is 0 Å². The van der Waals surface area contributed by atoms with Gasteiger partial charge >= 0.3 is 0 Å². The number of para-hydroxylation sites is 1. The zero-order valence-corrected chi connectivity index (χ0v) is 18.1. The number of benzene rings is 3. The van der Waals surface area contributed by atoms with Gasteiger partial charge in [0.25, 0.3) is 0 Å². The molecule has 0 N–H and O–H groups in total. The van der Waals surface area contributed by atoms with Gasteiger partial charge in [-0.1, -0.05) is 78.9 Å². The maximum absolute atomic E-state index is 6.29. The number of hydrogen-bond donors (Lipinski definition) is 0. The number of hydrogen-bond acceptors (Lipinski definition) is 2. The van der Waals surface area contributed by atoms with Crippen LogP contribution in [-0.2, 0) is 6.61 Å². The summed E-state index contributed by atoms with van der Waals surface area (Å²) >= 11 is 0. The maximum atomic E-state index is 6.29. The van der Waals surface area contributed by atoms with Crippen molar-refractivity contribution in [3.63, 3.8) is 0 Å². The lowest BCUT2D eigenvalue weighted by Gasteiger charge is -2.33. The Bertz CT molecular complexity index is 868. The molecular weight excluding hydrogens is 354 g/mol. The molecule has 1 atom stereocenters. The highest BCUT2D eigenvalue weighted by molar-refractivity contribution is 5.42. The van der Waals surface area contributed by atoms with E-state index in [1.807, 2.05) is 6.07 Å². The summed E-state index contributed by atoms with van der Waals surface area (Å²) in [5.41, 5.74) is 3.94. The predicted molar refractivity (Wildman–Crippen MR) is 123 cm³/mol. The number of nitrogens with zero attached hydrogens (tertiary/aromatic N) is 1. The summed E-state index contributed by atoms with van der Waals surface area (Å²) < 4.78 is 6.29. The minimum absolute atomic E-state index is 0.157. The minimum atomic E-state index is 0.157. The summed E-state index contributed by atoms with van der Waals surface area (Å²) in [6, 6.07) is 29.7. The van der Waals surface area contributed by atoms with E-state index in [9.17, 15) is 0 Å². The second kappa shape index (κ2) is 9.76. The Hall–Kier alpha value is -2.58. The molecule has 0 aliphatic rings. The Labute approximate surface area is 176 Å². The van der Waals surface area contributed by atoms with Gasteiger partial charge in [-0.3, -0.25) is 0 Å². The fourth-order valence-electron chi connectivity index (χ4n) is 3.48. The van der Waals surface area contributed by atoms with Crippen LogP contribution in [0.4, 0.5) is 0 Å². The fourth-order valence-corrected chi connectivity index (χ4v) is 3.48. The van der Waals surface area contributed by atoms with Crippen molar-refractivity contribution in [3.8, 4) is 5.75 Å². The van der Waals surface area contributed by atoms with Gasteiger partial charge in [-0.25, -0.2) is 0 Å². The Morgan fingerprint density at radius 3 is 2.03 bits per heavy atom. The largest absolute Gasteiger partial charge is 0.489 e. The Morgan fingerprint density at radius 2 is 1.38 bits per heavy atom. The molecule has 1 unspecified atom stereocenters. The maximum Gasteiger partial charge on any atom is 0.123 e. The van der Waals surface area contributed by atoms with Gasteiger partial charge in [0.2, 0.25) is 0 Å². The second-order valence-electron chi connectivity index (χ2n) is 8.66. The molecule has 29 heavy (non-hydrogen) atoms. The monoisotopic (exact) mass is 387 g/mol. The highest BCUT2D eigenvalue weighted by Gasteiger charge is 2.22. The first-order valence-corrected chi connectivity index (χ1v) is 10.5. The number of ether oxygens (including phenoxy) is 1. The third-order valence-corrected chi connectivity index (χ3v) is 5.63. The third-order valence-electron chi connectivity index (χ3n) is 5.63. The van der Waals surface area contributed by atoms with Crippen LogP contribution in [0.3, 0.4) is 0 Å². The minimum Gasteiger partial charge on any atom is -0.489 e. The average Bonchev–Trinajstić information content (AvgIpc) is 2.74. The Balaban J connectivity index is 1.85. The molecule has 0 aromatic heterocycles. The van der Waals surface area contributed by atoms with Gasteiger partial charge in [0.05, 0.1) is 0 Å². The van der Waals surface area contributed by atoms with E-state index in [1.54, 1.807) is 0 Å². The lowest BCUT2D eigenvalue weighted by Crippen LogP contribution is -2.39. The molecule has 0 heterocycles. The molecule has 3 aromatic rings. The van der Waals surface area contributed by atoms with Crippen LogP contribution >= 0.6 is 0 Å². The SMILES string of the molecule is CN(CCC(c1ccccc1)c1ccccc1OCc1ccccc1)C(C)(C)C. The average molecular weight is 388 g/mol. The van der Waals surface area contributed by atoms with Gasteiger partial charge in [-0.05, 0) is 58.0 Å².